The molecule has 1 atom stereocenters. The Morgan fingerprint density at radius 1 is 1.36 bits per heavy atom. The van der Waals surface area contributed by atoms with Crippen LogP contribution >= 0.6 is 0 Å². The predicted molar refractivity (Wildman–Crippen MR) is 55.6 cm³/mol. The summed E-state index contributed by atoms with van der Waals surface area (Å²) in [5.74, 6) is 0.986. The predicted octanol–water partition coefficient (Wildman–Crippen LogP) is 1.83. The van der Waals surface area contributed by atoms with E-state index in [-0.39, 0.29) is 0 Å². The molecule has 3 rings (SSSR count). The molecule has 14 heavy (non-hydrogen) atoms. The summed E-state index contributed by atoms with van der Waals surface area (Å²) in [5, 5.41) is 3.57. The molecular formula is C12H15NO. The third kappa shape index (κ3) is 0.947. The van der Waals surface area contributed by atoms with Crippen LogP contribution in [0.25, 0.3) is 0 Å². The van der Waals surface area contributed by atoms with Crippen molar-refractivity contribution < 1.29 is 4.74 Å². The summed E-state index contributed by atoms with van der Waals surface area (Å²) in [6.45, 7) is 1.17. The van der Waals surface area contributed by atoms with Gasteiger partial charge in [0, 0.05) is 5.54 Å². The zero-order valence-corrected chi connectivity index (χ0v) is 8.47. The van der Waals surface area contributed by atoms with Crippen LogP contribution in [0, 0.1) is 0 Å². The average molecular weight is 189 g/mol. The molecule has 0 unspecified atom stereocenters. The van der Waals surface area contributed by atoms with Crippen molar-refractivity contribution in [2.75, 3.05) is 13.7 Å². The van der Waals surface area contributed by atoms with Gasteiger partial charge in [-0.15, -0.1) is 0 Å². The summed E-state index contributed by atoms with van der Waals surface area (Å²) in [6.07, 6.45) is 3.75. The Hall–Kier alpha value is -1.02. The Bertz CT molecular complexity index is 369. The van der Waals surface area contributed by atoms with Gasteiger partial charge in [-0.2, -0.15) is 0 Å². The fourth-order valence-electron chi connectivity index (χ4n) is 2.72. The summed E-state index contributed by atoms with van der Waals surface area (Å²) in [7, 11) is 1.73. The average Bonchev–Trinajstić information content (AvgIpc) is 2.55. The van der Waals surface area contributed by atoms with Gasteiger partial charge in [0.05, 0.1) is 7.11 Å². The number of hydrogen-bond acceptors (Lipinski definition) is 2. The van der Waals surface area contributed by atoms with Gasteiger partial charge >= 0.3 is 0 Å². The number of methoxy groups -OCH3 is 1. The van der Waals surface area contributed by atoms with Gasteiger partial charge in [0.1, 0.15) is 5.75 Å². The van der Waals surface area contributed by atoms with Gasteiger partial charge in [-0.25, -0.2) is 0 Å². The molecule has 0 radical (unpaired) electrons. The third-order valence-corrected chi connectivity index (χ3v) is 3.66. The van der Waals surface area contributed by atoms with Gasteiger partial charge in [-0.3, -0.25) is 0 Å². The molecule has 1 saturated heterocycles. The van der Waals surface area contributed by atoms with Crippen molar-refractivity contribution in [2.45, 2.75) is 24.8 Å². The molecule has 1 aromatic carbocycles. The van der Waals surface area contributed by atoms with Crippen molar-refractivity contribution in [3.05, 3.63) is 29.3 Å². The highest BCUT2D eigenvalue weighted by atomic mass is 16.5. The van der Waals surface area contributed by atoms with Crippen LogP contribution in [0.2, 0.25) is 0 Å². The molecule has 1 aliphatic heterocycles. The molecule has 1 heterocycles. The van der Waals surface area contributed by atoms with E-state index in [0.717, 1.165) is 5.75 Å². The third-order valence-electron chi connectivity index (χ3n) is 3.66. The second-order valence-corrected chi connectivity index (χ2v) is 4.28. The number of fused-ring (bicyclic) bond motifs is 2. The fraction of sp³-hybridized carbons (Fsp3) is 0.500. The van der Waals surface area contributed by atoms with Crippen LogP contribution in [0.15, 0.2) is 18.2 Å². The SMILES string of the molecule is COc1ccc2c(c1)CC[C@@]21CCN1. The Morgan fingerprint density at radius 2 is 2.21 bits per heavy atom. The smallest absolute Gasteiger partial charge is 0.119 e. The molecule has 1 aromatic rings. The van der Waals surface area contributed by atoms with Gasteiger partial charge in [0.2, 0.25) is 0 Å². The lowest BCUT2D eigenvalue weighted by molar-refractivity contribution is 0.210. The van der Waals surface area contributed by atoms with Crippen LogP contribution in [0.4, 0.5) is 0 Å². The van der Waals surface area contributed by atoms with Crippen molar-refractivity contribution in [1.82, 2.24) is 5.32 Å². The molecule has 0 saturated carbocycles. The number of hydrogen-bond donors (Lipinski definition) is 1. The van der Waals surface area contributed by atoms with Crippen molar-refractivity contribution >= 4 is 0 Å². The van der Waals surface area contributed by atoms with Gasteiger partial charge in [-0.05, 0) is 49.1 Å². The fourth-order valence-corrected chi connectivity index (χ4v) is 2.72. The second kappa shape index (κ2) is 2.74. The van der Waals surface area contributed by atoms with Crippen LogP contribution in [0.1, 0.15) is 24.0 Å². The Morgan fingerprint density at radius 3 is 2.86 bits per heavy atom. The van der Waals surface area contributed by atoms with E-state index < -0.39 is 0 Å². The van der Waals surface area contributed by atoms with E-state index in [0.29, 0.717) is 5.54 Å². The molecule has 74 valence electrons. The minimum atomic E-state index is 0.335. The number of nitrogens with one attached hydrogen (secondary N) is 1. The van der Waals surface area contributed by atoms with E-state index in [9.17, 15) is 0 Å². The lowest BCUT2D eigenvalue weighted by atomic mass is 9.82. The lowest BCUT2D eigenvalue weighted by Gasteiger charge is -2.41. The zero-order valence-electron chi connectivity index (χ0n) is 8.47. The maximum atomic E-state index is 5.24. The molecule has 1 spiro atoms. The second-order valence-electron chi connectivity index (χ2n) is 4.28. The molecule has 1 N–H and O–H groups in total. The summed E-state index contributed by atoms with van der Waals surface area (Å²) >= 11 is 0. The molecule has 1 aliphatic carbocycles. The first-order valence-electron chi connectivity index (χ1n) is 5.26. The highest BCUT2D eigenvalue weighted by Crippen LogP contribution is 2.44. The van der Waals surface area contributed by atoms with Crippen LogP contribution in [0.3, 0.4) is 0 Å². The molecule has 2 aliphatic rings. The quantitative estimate of drug-likeness (QED) is 0.727. The van der Waals surface area contributed by atoms with Crippen molar-refractivity contribution in [3.63, 3.8) is 0 Å². The Balaban J connectivity index is 2.04. The Kier molecular flexibility index (Phi) is 1.62. The van der Waals surface area contributed by atoms with E-state index in [4.69, 9.17) is 4.74 Å². The monoisotopic (exact) mass is 189 g/mol. The topological polar surface area (TPSA) is 21.3 Å². The first-order valence-corrected chi connectivity index (χ1v) is 5.26. The normalized spacial score (nSPS) is 28.6. The van der Waals surface area contributed by atoms with Crippen molar-refractivity contribution in [1.29, 1.82) is 0 Å². The molecule has 0 amide bonds. The first kappa shape index (κ1) is 8.30. The van der Waals surface area contributed by atoms with Crippen molar-refractivity contribution in [3.8, 4) is 5.75 Å². The van der Waals surface area contributed by atoms with Gasteiger partial charge in [-0.1, -0.05) is 6.07 Å². The van der Waals surface area contributed by atoms with E-state index in [1.807, 2.05) is 0 Å². The van der Waals surface area contributed by atoms with E-state index in [2.05, 4.69) is 23.5 Å². The summed E-state index contributed by atoms with van der Waals surface area (Å²) in [5.41, 5.74) is 3.31. The number of ether oxygens (including phenoxy) is 1. The van der Waals surface area contributed by atoms with Crippen LogP contribution in [0.5, 0.6) is 5.75 Å². The number of benzene rings is 1. The highest BCUT2D eigenvalue weighted by Gasteiger charge is 2.43. The standard InChI is InChI=1S/C12H15NO/c1-14-10-2-3-11-9(8-10)4-5-12(11)6-7-13-12/h2-3,8,13H,4-7H2,1H3/t12-/m1/s1. The largest absolute Gasteiger partial charge is 0.497 e. The Labute approximate surface area is 84.3 Å². The summed E-state index contributed by atoms with van der Waals surface area (Å²) in [4.78, 5) is 0. The highest BCUT2D eigenvalue weighted by molar-refractivity contribution is 5.44. The summed E-state index contributed by atoms with van der Waals surface area (Å²) in [6, 6.07) is 6.49. The van der Waals surface area contributed by atoms with E-state index in [1.54, 1.807) is 7.11 Å². The number of rotatable bonds is 1. The molecule has 2 heteroatoms. The zero-order chi connectivity index (χ0) is 9.60. The summed E-state index contributed by atoms with van der Waals surface area (Å²) < 4.78 is 5.24. The molecule has 2 nitrogen and oxygen atoms in total. The molecule has 1 fully saturated rings. The van der Waals surface area contributed by atoms with E-state index in [1.165, 1.54) is 36.9 Å². The lowest BCUT2D eigenvalue weighted by Crippen LogP contribution is -2.52. The molecule has 0 aromatic heterocycles. The minimum Gasteiger partial charge on any atom is -0.497 e. The molecule has 0 bridgehead atoms. The van der Waals surface area contributed by atoms with Gasteiger partial charge in [0.25, 0.3) is 0 Å². The molecular weight excluding hydrogens is 174 g/mol. The maximum Gasteiger partial charge on any atom is 0.119 e. The maximum absolute atomic E-state index is 5.24. The number of aryl methyl sites for hydroxylation is 1. The minimum absolute atomic E-state index is 0.335. The van der Waals surface area contributed by atoms with Crippen LogP contribution < -0.4 is 10.1 Å². The first-order chi connectivity index (χ1) is 6.84. The van der Waals surface area contributed by atoms with Crippen molar-refractivity contribution in [2.24, 2.45) is 0 Å². The van der Waals surface area contributed by atoms with Crippen LogP contribution in [-0.2, 0) is 12.0 Å². The van der Waals surface area contributed by atoms with Gasteiger partial charge < -0.3 is 10.1 Å². The van der Waals surface area contributed by atoms with Crippen LogP contribution in [-0.4, -0.2) is 13.7 Å². The van der Waals surface area contributed by atoms with Gasteiger partial charge in [0.15, 0.2) is 0 Å². The van der Waals surface area contributed by atoms with E-state index >= 15 is 0 Å².